The SMILES string of the molecule is O=[N+]([O-])c1cc(Cl)ccc1S(=O)(=O)NCC[C@H]1CCCN1. The number of hydrogen-bond acceptors (Lipinski definition) is 5. The molecule has 1 heterocycles. The second-order valence-corrected chi connectivity index (χ2v) is 7.02. The zero-order valence-electron chi connectivity index (χ0n) is 11.2. The molecule has 1 fully saturated rings. The van der Waals surface area contributed by atoms with E-state index in [1.807, 2.05) is 0 Å². The molecular weight excluding hydrogens is 318 g/mol. The third-order valence-electron chi connectivity index (χ3n) is 3.35. The molecule has 1 aliphatic rings. The maximum absolute atomic E-state index is 12.2. The molecule has 0 unspecified atom stereocenters. The zero-order chi connectivity index (χ0) is 15.5. The van der Waals surface area contributed by atoms with Crippen LogP contribution in [0.4, 0.5) is 5.69 Å². The minimum atomic E-state index is -3.92. The largest absolute Gasteiger partial charge is 0.314 e. The van der Waals surface area contributed by atoms with Gasteiger partial charge in [-0.25, -0.2) is 13.1 Å². The molecule has 2 N–H and O–H groups in total. The van der Waals surface area contributed by atoms with E-state index in [-0.39, 0.29) is 16.5 Å². The van der Waals surface area contributed by atoms with Crippen molar-refractivity contribution < 1.29 is 13.3 Å². The van der Waals surface area contributed by atoms with E-state index in [0.717, 1.165) is 31.5 Å². The van der Waals surface area contributed by atoms with Crippen molar-refractivity contribution in [1.82, 2.24) is 10.0 Å². The first kappa shape index (κ1) is 16.2. The molecule has 2 rings (SSSR count). The number of hydrogen-bond donors (Lipinski definition) is 2. The Morgan fingerprint density at radius 1 is 1.48 bits per heavy atom. The van der Waals surface area contributed by atoms with Crippen molar-refractivity contribution in [1.29, 1.82) is 0 Å². The fourth-order valence-electron chi connectivity index (χ4n) is 2.31. The van der Waals surface area contributed by atoms with Crippen LogP contribution >= 0.6 is 11.6 Å². The Balaban J connectivity index is 2.09. The van der Waals surface area contributed by atoms with E-state index in [1.54, 1.807) is 0 Å². The lowest BCUT2D eigenvalue weighted by atomic mass is 10.2. The predicted molar refractivity (Wildman–Crippen MR) is 78.9 cm³/mol. The molecule has 0 amide bonds. The van der Waals surface area contributed by atoms with Crippen LogP contribution in [0.25, 0.3) is 0 Å². The highest BCUT2D eigenvalue weighted by Gasteiger charge is 2.26. The third kappa shape index (κ3) is 4.13. The molecule has 1 aliphatic heterocycles. The highest BCUT2D eigenvalue weighted by Crippen LogP contribution is 2.27. The van der Waals surface area contributed by atoms with Crippen molar-refractivity contribution in [2.75, 3.05) is 13.1 Å². The van der Waals surface area contributed by atoms with Crippen molar-refractivity contribution in [2.45, 2.75) is 30.2 Å². The highest BCUT2D eigenvalue weighted by molar-refractivity contribution is 7.89. The van der Waals surface area contributed by atoms with Crippen molar-refractivity contribution in [3.63, 3.8) is 0 Å². The van der Waals surface area contributed by atoms with Crippen molar-refractivity contribution in [3.8, 4) is 0 Å². The van der Waals surface area contributed by atoms with Crippen LogP contribution in [0, 0.1) is 10.1 Å². The van der Waals surface area contributed by atoms with Gasteiger partial charge in [-0.1, -0.05) is 11.6 Å². The van der Waals surface area contributed by atoms with Crippen molar-refractivity contribution >= 4 is 27.3 Å². The molecule has 1 aromatic carbocycles. The van der Waals surface area contributed by atoms with Crippen LogP contribution in [0.2, 0.25) is 5.02 Å². The molecule has 21 heavy (non-hydrogen) atoms. The Morgan fingerprint density at radius 3 is 2.86 bits per heavy atom. The maximum atomic E-state index is 12.2. The molecule has 1 aromatic rings. The number of nitrogens with zero attached hydrogens (tertiary/aromatic N) is 1. The smallest absolute Gasteiger partial charge is 0.290 e. The molecule has 0 saturated carbocycles. The van der Waals surface area contributed by atoms with Gasteiger partial charge < -0.3 is 5.32 Å². The molecule has 0 bridgehead atoms. The lowest BCUT2D eigenvalue weighted by Crippen LogP contribution is -2.31. The highest BCUT2D eigenvalue weighted by atomic mass is 35.5. The molecule has 9 heteroatoms. The van der Waals surface area contributed by atoms with E-state index in [2.05, 4.69) is 10.0 Å². The standard InChI is InChI=1S/C12H16ClN3O4S/c13-9-3-4-12(11(8-9)16(17)18)21(19,20)15-7-5-10-2-1-6-14-10/h3-4,8,10,14-15H,1-2,5-7H2/t10-/m1/s1. The lowest BCUT2D eigenvalue weighted by molar-refractivity contribution is -0.387. The molecule has 1 atom stereocenters. The van der Waals surface area contributed by atoms with Crippen LogP contribution in [-0.2, 0) is 10.0 Å². The Hall–Kier alpha value is -1.22. The first-order chi connectivity index (χ1) is 9.90. The van der Waals surface area contributed by atoms with E-state index < -0.39 is 20.6 Å². The topological polar surface area (TPSA) is 101 Å². The first-order valence-electron chi connectivity index (χ1n) is 6.57. The fraction of sp³-hybridized carbons (Fsp3) is 0.500. The van der Waals surface area contributed by atoms with Crippen LogP contribution in [-0.4, -0.2) is 32.5 Å². The summed E-state index contributed by atoms with van der Waals surface area (Å²) >= 11 is 5.67. The molecule has 116 valence electrons. The fourth-order valence-corrected chi connectivity index (χ4v) is 3.67. The Morgan fingerprint density at radius 2 is 2.24 bits per heavy atom. The second kappa shape index (κ2) is 6.69. The number of sulfonamides is 1. The van der Waals surface area contributed by atoms with Gasteiger partial charge in [0.15, 0.2) is 4.90 Å². The molecule has 0 aromatic heterocycles. The summed E-state index contributed by atoms with van der Waals surface area (Å²) in [5, 5.41) is 14.3. The average molecular weight is 334 g/mol. The summed E-state index contributed by atoms with van der Waals surface area (Å²) in [6.07, 6.45) is 2.75. The summed E-state index contributed by atoms with van der Waals surface area (Å²) in [6.45, 7) is 1.18. The summed E-state index contributed by atoms with van der Waals surface area (Å²) in [5.41, 5.74) is -0.519. The van der Waals surface area contributed by atoms with E-state index in [9.17, 15) is 18.5 Å². The summed E-state index contributed by atoms with van der Waals surface area (Å²) in [4.78, 5) is 9.83. The predicted octanol–water partition coefficient (Wildman–Crippen LogP) is 1.67. The molecule has 0 radical (unpaired) electrons. The first-order valence-corrected chi connectivity index (χ1v) is 8.43. The van der Waals surface area contributed by atoms with Crippen molar-refractivity contribution in [2.24, 2.45) is 0 Å². The molecule has 0 spiro atoms. The van der Waals surface area contributed by atoms with Gasteiger partial charge in [0, 0.05) is 23.7 Å². The Kier molecular flexibility index (Phi) is 5.15. The normalized spacial score (nSPS) is 18.8. The summed E-state index contributed by atoms with van der Waals surface area (Å²) in [7, 11) is -3.92. The molecule has 7 nitrogen and oxygen atoms in total. The zero-order valence-corrected chi connectivity index (χ0v) is 12.8. The van der Waals surface area contributed by atoms with Gasteiger partial charge in [-0.15, -0.1) is 0 Å². The van der Waals surface area contributed by atoms with E-state index >= 15 is 0 Å². The van der Waals surface area contributed by atoms with Gasteiger partial charge in [0.05, 0.1) is 4.92 Å². The lowest BCUT2D eigenvalue weighted by Gasteiger charge is -2.11. The van der Waals surface area contributed by atoms with Gasteiger partial charge in [-0.05, 0) is 37.9 Å². The molecular formula is C12H16ClN3O4S. The van der Waals surface area contributed by atoms with Crippen LogP contribution in [0.15, 0.2) is 23.1 Å². The van der Waals surface area contributed by atoms with Crippen LogP contribution in [0.5, 0.6) is 0 Å². The summed E-state index contributed by atoms with van der Waals surface area (Å²) < 4.78 is 26.7. The Bertz CT molecular complexity index is 629. The van der Waals surface area contributed by atoms with Gasteiger partial charge in [-0.3, -0.25) is 10.1 Å². The van der Waals surface area contributed by atoms with Crippen LogP contribution < -0.4 is 10.0 Å². The van der Waals surface area contributed by atoms with Gasteiger partial charge >= 0.3 is 0 Å². The number of nitro benzene ring substituents is 1. The molecule has 0 aliphatic carbocycles. The van der Waals surface area contributed by atoms with Crippen molar-refractivity contribution in [3.05, 3.63) is 33.3 Å². The van der Waals surface area contributed by atoms with E-state index in [1.165, 1.54) is 6.07 Å². The summed E-state index contributed by atoms with van der Waals surface area (Å²) in [6, 6.07) is 3.81. The van der Waals surface area contributed by atoms with Gasteiger partial charge in [0.25, 0.3) is 5.69 Å². The minimum absolute atomic E-state index is 0.121. The van der Waals surface area contributed by atoms with Crippen LogP contribution in [0.1, 0.15) is 19.3 Å². The van der Waals surface area contributed by atoms with Gasteiger partial charge in [-0.2, -0.15) is 0 Å². The number of nitrogens with one attached hydrogen (secondary N) is 2. The Labute approximate surface area is 127 Å². The quantitative estimate of drug-likeness (QED) is 0.609. The van der Waals surface area contributed by atoms with Gasteiger partial charge in [0.2, 0.25) is 10.0 Å². The van der Waals surface area contributed by atoms with E-state index in [0.29, 0.717) is 12.5 Å². The van der Waals surface area contributed by atoms with Gasteiger partial charge in [0.1, 0.15) is 0 Å². The molecule has 1 saturated heterocycles. The number of nitro groups is 1. The van der Waals surface area contributed by atoms with Crippen LogP contribution in [0.3, 0.4) is 0 Å². The number of halogens is 1. The second-order valence-electron chi connectivity index (χ2n) is 4.85. The third-order valence-corrected chi connectivity index (χ3v) is 5.10. The average Bonchev–Trinajstić information content (AvgIpc) is 2.91. The van der Waals surface area contributed by atoms with E-state index in [4.69, 9.17) is 11.6 Å². The number of benzene rings is 1. The minimum Gasteiger partial charge on any atom is -0.314 e. The monoisotopic (exact) mass is 333 g/mol. The maximum Gasteiger partial charge on any atom is 0.290 e. The summed E-state index contributed by atoms with van der Waals surface area (Å²) in [5.74, 6) is 0. The number of rotatable bonds is 6.